The number of fused-ring (bicyclic) bond motifs is 1. The molecule has 2 saturated heterocycles. The molecule has 1 atom stereocenters. The van der Waals surface area contributed by atoms with Crippen molar-refractivity contribution in [3.05, 3.63) is 35.5 Å². The molecule has 2 aliphatic rings. The largest absolute Gasteiger partial charge is 0.483 e. The third-order valence-corrected chi connectivity index (χ3v) is 6.28. The third kappa shape index (κ3) is 4.93. The van der Waals surface area contributed by atoms with E-state index in [9.17, 15) is 4.79 Å². The number of carbonyl (C=O) groups excluding carboxylic acids is 1. The van der Waals surface area contributed by atoms with Crippen molar-refractivity contribution in [2.24, 2.45) is 0 Å². The summed E-state index contributed by atoms with van der Waals surface area (Å²) < 4.78 is 11.9. The summed E-state index contributed by atoms with van der Waals surface area (Å²) in [5, 5.41) is 0.957. The van der Waals surface area contributed by atoms with E-state index in [2.05, 4.69) is 29.9 Å². The average Bonchev–Trinajstić information content (AvgIpc) is 3.24. The van der Waals surface area contributed by atoms with Gasteiger partial charge in [0.25, 0.3) is 5.91 Å². The van der Waals surface area contributed by atoms with Crippen LogP contribution in [-0.2, 0) is 9.53 Å². The van der Waals surface area contributed by atoms with Crippen molar-refractivity contribution < 1.29 is 14.3 Å². The van der Waals surface area contributed by atoms with Crippen LogP contribution in [-0.4, -0.2) is 72.7 Å². The maximum atomic E-state index is 13.3. The predicted octanol–water partition coefficient (Wildman–Crippen LogP) is 3.33. The first-order chi connectivity index (χ1) is 14.5. The number of carbonyl (C=O) groups is 1. The Hall–Kier alpha value is -2.18. The maximum absolute atomic E-state index is 13.3. The number of hydrogen-bond donors (Lipinski definition) is 0. The van der Waals surface area contributed by atoms with Crippen LogP contribution in [0.2, 0.25) is 0 Å². The molecule has 0 radical (unpaired) electrons. The van der Waals surface area contributed by atoms with Gasteiger partial charge in [0.1, 0.15) is 5.75 Å². The number of piperidine rings is 1. The highest BCUT2D eigenvalue weighted by Crippen LogP contribution is 2.27. The maximum Gasteiger partial charge on any atom is 0.260 e. The molecule has 0 spiro atoms. The summed E-state index contributed by atoms with van der Waals surface area (Å²) >= 11 is 0. The number of hydrogen-bond acceptors (Lipinski definition) is 5. The van der Waals surface area contributed by atoms with Gasteiger partial charge in [-0.25, -0.2) is 0 Å². The molecule has 1 unspecified atom stereocenters. The van der Waals surface area contributed by atoms with Crippen LogP contribution in [0.3, 0.4) is 0 Å². The summed E-state index contributed by atoms with van der Waals surface area (Å²) in [4.78, 5) is 22.2. The zero-order valence-corrected chi connectivity index (χ0v) is 18.4. The Labute approximate surface area is 179 Å². The highest BCUT2D eigenvalue weighted by atomic mass is 16.5. The Bertz CT molecular complexity index is 887. The molecule has 1 aromatic carbocycles. The molecular weight excluding hydrogens is 378 g/mol. The van der Waals surface area contributed by atoms with Crippen molar-refractivity contribution in [2.75, 3.05) is 39.9 Å². The molecule has 2 fully saturated rings. The van der Waals surface area contributed by atoms with Crippen molar-refractivity contribution in [3.8, 4) is 5.75 Å². The molecule has 2 aliphatic heterocycles. The van der Waals surface area contributed by atoms with Crippen molar-refractivity contribution in [3.63, 3.8) is 0 Å². The number of pyridine rings is 1. The number of amides is 1. The molecule has 4 rings (SSSR count). The Morgan fingerprint density at radius 1 is 1.23 bits per heavy atom. The van der Waals surface area contributed by atoms with Crippen LogP contribution in [0.25, 0.3) is 10.9 Å². The second-order valence-corrected chi connectivity index (χ2v) is 8.79. The lowest BCUT2D eigenvalue weighted by atomic mass is 10.0. The van der Waals surface area contributed by atoms with Crippen molar-refractivity contribution in [2.45, 2.75) is 51.7 Å². The molecule has 0 aliphatic carbocycles. The fraction of sp³-hybridized carbons (Fsp3) is 0.583. The number of aryl methyl sites for hydroxylation is 2. The van der Waals surface area contributed by atoms with E-state index in [-0.39, 0.29) is 24.7 Å². The molecule has 30 heavy (non-hydrogen) atoms. The van der Waals surface area contributed by atoms with Gasteiger partial charge in [-0.3, -0.25) is 9.78 Å². The van der Waals surface area contributed by atoms with Gasteiger partial charge >= 0.3 is 0 Å². The summed E-state index contributed by atoms with van der Waals surface area (Å²) in [7, 11) is 2.14. The zero-order chi connectivity index (χ0) is 21.1. The number of benzene rings is 1. The van der Waals surface area contributed by atoms with Gasteiger partial charge in [0.2, 0.25) is 0 Å². The van der Waals surface area contributed by atoms with Gasteiger partial charge in [0.15, 0.2) is 6.61 Å². The van der Waals surface area contributed by atoms with E-state index >= 15 is 0 Å². The minimum Gasteiger partial charge on any atom is -0.483 e. The van der Waals surface area contributed by atoms with E-state index in [0.717, 1.165) is 73.3 Å². The molecule has 162 valence electrons. The fourth-order valence-electron chi connectivity index (χ4n) is 4.55. The number of nitrogens with zero attached hydrogens (tertiary/aromatic N) is 3. The minimum absolute atomic E-state index is 0.0472. The Balaban J connectivity index is 1.49. The van der Waals surface area contributed by atoms with E-state index in [0.29, 0.717) is 6.54 Å². The normalized spacial score (nSPS) is 20.6. The third-order valence-electron chi connectivity index (χ3n) is 6.28. The summed E-state index contributed by atoms with van der Waals surface area (Å²) in [5.41, 5.74) is 2.94. The predicted molar refractivity (Wildman–Crippen MR) is 118 cm³/mol. The molecule has 1 aromatic heterocycles. The van der Waals surface area contributed by atoms with Gasteiger partial charge in [-0.2, -0.15) is 0 Å². The van der Waals surface area contributed by atoms with E-state index in [1.807, 2.05) is 30.0 Å². The standard InChI is InChI=1S/C24H33N3O3/c1-17-6-7-22-21(13-17)23(14-18(2)25-22)30-16-24(28)27(15-20-5-4-12-29-20)19-8-10-26(3)11-9-19/h6-7,13-14,19-20H,4-5,8-12,15-16H2,1-3H3. The lowest BCUT2D eigenvalue weighted by Gasteiger charge is -2.38. The van der Waals surface area contributed by atoms with E-state index in [4.69, 9.17) is 9.47 Å². The second kappa shape index (κ2) is 9.31. The monoisotopic (exact) mass is 411 g/mol. The van der Waals surface area contributed by atoms with Crippen LogP contribution in [0.4, 0.5) is 0 Å². The van der Waals surface area contributed by atoms with Gasteiger partial charge in [0.05, 0.1) is 11.6 Å². The number of aromatic nitrogens is 1. The molecule has 3 heterocycles. The van der Waals surface area contributed by atoms with Crippen LogP contribution in [0.15, 0.2) is 24.3 Å². The molecule has 6 nitrogen and oxygen atoms in total. The van der Waals surface area contributed by atoms with Gasteiger partial charge in [-0.05, 0) is 71.8 Å². The number of likely N-dealkylation sites (tertiary alicyclic amines) is 1. The Morgan fingerprint density at radius 3 is 2.77 bits per heavy atom. The molecule has 0 saturated carbocycles. The van der Waals surface area contributed by atoms with Crippen LogP contribution < -0.4 is 4.74 Å². The first-order valence-corrected chi connectivity index (χ1v) is 11.1. The summed E-state index contributed by atoms with van der Waals surface area (Å²) in [6.45, 7) is 7.58. The first-order valence-electron chi connectivity index (χ1n) is 11.1. The van der Waals surface area contributed by atoms with Gasteiger partial charge in [-0.15, -0.1) is 0 Å². The quantitative estimate of drug-likeness (QED) is 0.730. The number of rotatable bonds is 6. The van der Waals surface area contributed by atoms with Gasteiger partial charge in [-0.1, -0.05) is 11.6 Å². The molecule has 1 amide bonds. The van der Waals surface area contributed by atoms with E-state index < -0.39 is 0 Å². The molecular formula is C24H33N3O3. The van der Waals surface area contributed by atoms with Crippen molar-refractivity contribution in [1.82, 2.24) is 14.8 Å². The Morgan fingerprint density at radius 2 is 2.03 bits per heavy atom. The summed E-state index contributed by atoms with van der Waals surface area (Å²) in [6.07, 6.45) is 4.28. The molecule has 6 heteroatoms. The van der Waals surface area contributed by atoms with Gasteiger partial charge < -0.3 is 19.3 Å². The van der Waals surface area contributed by atoms with E-state index in [1.54, 1.807) is 0 Å². The topological polar surface area (TPSA) is 54.9 Å². The lowest BCUT2D eigenvalue weighted by molar-refractivity contribution is -0.138. The van der Waals surface area contributed by atoms with Crippen molar-refractivity contribution in [1.29, 1.82) is 0 Å². The Kier molecular flexibility index (Phi) is 6.54. The van der Waals surface area contributed by atoms with E-state index in [1.165, 1.54) is 0 Å². The van der Waals surface area contributed by atoms with Gasteiger partial charge in [0, 0.05) is 36.3 Å². The molecule has 0 N–H and O–H groups in total. The smallest absolute Gasteiger partial charge is 0.260 e. The van der Waals surface area contributed by atoms with Crippen LogP contribution >= 0.6 is 0 Å². The SMILES string of the molecule is Cc1ccc2nc(C)cc(OCC(=O)N(CC3CCCO3)C3CCN(C)CC3)c2c1. The molecule has 0 bridgehead atoms. The molecule has 2 aromatic rings. The average molecular weight is 412 g/mol. The van der Waals surface area contributed by atoms with Crippen molar-refractivity contribution >= 4 is 16.8 Å². The summed E-state index contributed by atoms with van der Waals surface area (Å²) in [5.74, 6) is 0.783. The first kappa shape index (κ1) is 21.1. The van der Waals surface area contributed by atoms with Crippen LogP contribution in [0.5, 0.6) is 5.75 Å². The second-order valence-electron chi connectivity index (χ2n) is 8.79. The number of ether oxygens (including phenoxy) is 2. The zero-order valence-electron chi connectivity index (χ0n) is 18.4. The summed E-state index contributed by atoms with van der Waals surface area (Å²) in [6, 6.07) is 8.32. The minimum atomic E-state index is 0.0472. The highest BCUT2D eigenvalue weighted by Gasteiger charge is 2.30. The van der Waals surface area contributed by atoms with Crippen LogP contribution in [0, 0.1) is 13.8 Å². The van der Waals surface area contributed by atoms with Crippen LogP contribution in [0.1, 0.15) is 36.9 Å². The lowest BCUT2D eigenvalue weighted by Crippen LogP contribution is -2.50. The highest BCUT2D eigenvalue weighted by molar-refractivity contribution is 5.86. The fourth-order valence-corrected chi connectivity index (χ4v) is 4.55.